The summed E-state index contributed by atoms with van der Waals surface area (Å²) >= 11 is 6.44. The maximum Gasteiger partial charge on any atom is 0.328 e. The Morgan fingerprint density at radius 1 is 1.07 bits per heavy atom. The van der Waals surface area contributed by atoms with Crippen molar-refractivity contribution in [3.8, 4) is 0 Å². The summed E-state index contributed by atoms with van der Waals surface area (Å²) < 4.78 is 13.7. The van der Waals surface area contributed by atoms with Crippen LogP contribution in [0.2, 0.25) is 5.02 Å². The number of benzene rings is 3. The summed E-state index contributed by atoms with van der Waals surface area (Å²) in [6.07, 6.45) is 5.43. The summed E-state index contributed by atoms with van der Waals surface area (Å²) in [5.74, 6) is -2.83. The van der Waals surface area contributed by atoms with Gasteiger partial charge < -0.3 is 21.3 Å². The molecule has 0 unspecified atom stereocenters. The molecule has 1 amide bonds. The fourth-order valence-electron chi connectivity index (χ4n) is 4.46. The molecule has 1 atom stereocenters. The predicted octanol–water partition coefficient (Wildman–Crippen LogP) is 5.75. The number of nitrogens with one attached hydrogen (secondary N) is 2. The molecule has 43 heavy (non-hydrogen) atoms. The van der Waals surface area contributed by atoms with Gasteiger partial charge in [-0.1, -0.05) is 54.9 Å². The second kappa shape index (κ2) is 15.4. The third-order valence-corrected chi connectivity index (χ3v) is 6.90. The van der Waals surface area contributed by atoms with Gasteiger partial charge in [-0.3, -0.25) is 14.7 Å². The Balaban J connectivity index is 0.000000393. The molecule has 0 aliphatic rings. The number of allylic oxidation sites excluding steroid dienone is 1. The van der Waals surface area contributed by atoms with Gasteiger partial charge in [0.2, 0.25) is 5.91 Å². The van der Waals surface area contributed by atoms with Crippen molar-refractivity contribution in [2.24, 2.45) is 5.73 Å². The molecule has 0 aliphatic carbocycles. The maximum absolute atomic E-state index is 13.7. The lowest BCUT2D eigenvalue weighted by Crippen LogP contribution is -2.34. The minimum absolute atomic E-state index is 0.0950. The highest BCUT2D eigenvalue weighted by molar-refractivity contribution is 6.32. The maximum atomic E-state index is 13.7. The largest absolute Gasteiger partial charge is 0.480 e. The summed E-state index contributed by atoms with van der Waals surface area (Å²) in [6.45, 7) is 2.04. The Hall–Kier alpha value is -4.80. The van der Waals surface area contributed by atoms with Crippen molar-refractivity contribution >= 4 is 57.6 Å². The third-order valence-electron chi connectivity index (χ3n) is 6.58. The first-order valence-electron chi connectivity index (χ1n) is 13.4. The lowest BCUT2D eigenvalue weighted by molar-refractivity contribution is -0.139. The molecule has 224 valence electrons. The van der Waals surface area contributed by atoms with Crippen LogP contribution in [0.1, 0.15) is 48.4 Å². The molecule has 0 fully saturated rings. The van der Waals surface area contributed by atoms with Crippen LogP contribution in [0, 0.1) is 5.82 Å². The number of nitrogens with zero attached hydrogens (tertiary/aromatic N) is 1. The Morgan fingerprint density at radius 3 is 2.35 bits per heavy atom. The number of primary amides is 1. The highest BCUT2D eigenvalue weighted by Crippen LogP contribution is 2.38. The monoisotopic (exact) mass is 606 g/mol. The number of carbonyl (C=O) groups excluding carboxylic acids is 1. The summed E-state index contributed by atoms with van der Waals surface area (Å²) in [5.41, 5.74) is 11.2. The van der Waals surface area contributed by atoms with Crippen LogP contribution in [-0.4, -0.2) is 51.3 Å². The molecule has 9 nitrogen and oxygen atoms in total. The second-order valence-corrected chi connectivity index (χ2v) is 9.89. The van der Waals surface area contributed by atoms with Gasteiger partial charge in [0.25, 0.3) is 0 Å². The fraction of sp³-hybridized carbons (Fsp3) is 0.188. The van der Waals surface area contributed by atoms with E-state index in [1.165, 1.54) is 19.2 Å². The predicted molar refractivity (Wildman–Crippen MR) is 166 cm³/mol. The zero-order chi connectivity index (χ0) is 31.5. The number of carbonyl (C=O) groups is 3. The third kappa shape index (κ3) is 9.09. The molecule has 1 heterocycles. The standard InChI is InChI=1S/C26H20ClFN2O2.C6H12N2O3/c1-2-21(22-10-9-20(28)14-23(22)27)26(18-8-11-24-19(13-18)15-29-30-24)17-6-3-16(4-7-17)5-12-25(31)32;1-8-4(6(10)11)2-3-5(7)9/h3-15H,2H2,1H3,(H,29,30)(H,31,32);4,8H,2-3H2,1H3,(H2,7,9)(H,10,11)/b12-5+,26-21+;/t;4-/m.0/s1. The molecule has 0 bridgehead atoms. The molecule has 0 radical (unpaired) electrons. The number of aromatic amines is 1. The summed E-state index contributed by atoms with van der Waals surface area (Å²) in [7, 11) is 1.53. The zero-order valence-electron chi connectivity index (χ0n) is 23.6. The molecule has 0 aliphatic heterocycles. The molecule has 11 heteroatoms. The molecule has 6 N–H and O–H groups in total. The molecule has 1 aromatic heterocycles. The van der Waals surface area contributed by atoms with Gasteiger partial charge in [-0.15, -0.1) is 0 Å². The number of H-pyrrole nitrogens is 1. The highest BCUT2D eigenvalue weighted by atomic mass is 35.5. The van der Waals surface area contributed by atoms with E-state index in [9.17, 15) is 18.8 Å². The van der Waals surface area contributed by atoms with Gasteiger partial charge in [-0.25, -0.2) is 9.18 Å². The minimum Gasteiger partial charge on any atom is -0.480 e. The van der Waals surface area contributed by atoms with Gasteiger partial charge in [0.15, 0.2) is 0 Å². The quantitative estimate of drug-likeness (QED) is 0.107. The fourth-order valence-corrected chi connectivity index (χ4v) is 4.74. The Kier molecular flexibility index (Phi) is 11.7. The number of aromatic nitrogens is 2. The van der Waals surface area contributed by atoms with Crippen LogP contribution in [-0.2, 0) is 14.4 Å². The molecule has 0 spiro atoms. The number of hydrogen-bond acceptors (Lipinski definition) is 5. The van der Waals surface area contributed by atoms with E-state index in [1.54, 1.807) is 18.3 Å². The van der Waals surface area contributed by atoms with E-state index in [2.05, 4.69) is 21.6 Å². The number of amides is 1. The van der Waals surface area contributed by atoms with Crippen molar-refractivity contribution in [2.45, 2.75) is 32.2 Å². The summed E-state index contributed by atoms with van der Waals surface area (Å²) in [6, 6.07) is 17.4. The number of likely N-dealkylation sites (N-methyl/N-ethyl adjacent to an activating group) is 1. The molecule has 3 aromatic carbocycles. The van der Waals surface area contributed by atoms with Gasteiger partial charge >= 0.3 is 11.9 Å². The highest BCUT2D eigenvalue weighted by Gasteiger charge is 2.17. The van der Waals surface area contributed by atoms with Crippen LogP contribution in [0.4, 0.5) is 4.39 Å². The van der Waals surface area contributed by atoms with E-state index in [0.717, 1.165) is 50.4 Å². The van der Waals surface area contributed by atoms with Gasteiger partial charge in [0, 0.05) is 17.9 Å². The topological polar surface area (TPSA) is 158 Å². The SMILES string of the molecule is CC/C(=C(/c1ccc(/C=C/C(=O)O)cc1)c1ccc2[nH]ncc2c1)c1ccc(F)cc1Cl.CN[C@@H](CCC(N)=O)C(=O)O. The molecule has 4 rings (SSSR count). The van der Waals surface area contributed by atoms with Crippen LogP contribution >= 0.6 is 11.6 Å². The minimum atomic E-state index is -0.998. The van der Waals surface area contributed by atoms with Crippen molar-refractivity contribution in [3.05, 3.63) is 106 Å². The van der Waals surface area contributed by atoms with Crippen molar-refractivity contribution in [3.63, 3.8) is 0 Å². The lowest BCUT2D eigenvalue weighted by Gasteiger charge is -2.17. The smallest absolute Gasteiger partial charge is 0.328 e. The number of carboxylic acid groups (broad SMARTS) is 2. The number of rotatable bonds is 11. The first-order valence-corrected chi connectivity index (χ1v) is 13.7. The first-order chi connectivity index (χ1) is 20.5. The van der Waals surface area contributed by atoms with Crippen molar-refractivity contribution in [2.75, 3.05) is 7.05 Å². The van der Waals surface area contributed by atoms with E-state index in [1.807, 2.05) is 43.3 Å². The van der Waals surface area contributed by atoms with Gasteiger partial charge in [-0.2, -0.15) is 5.10 Å². The van der Waals surface area contributed by atoms with Crippen molar-refractivity contribution in [1.82, 2.24) is 15.5 Å². The zero-order valence-corrected chi connectivity index (χ0v) is 24.4. The number of hydrogen-bond donors (Lipinski definition) is 5. The van der Waals surface area contributed by atoms with Gasteiger partial charge in [-0.05, 0) is 83.6 Å². The second-order valence-electron chi connectivity index (χ2n) is 9.48. The van der Waals surface area contributed by atoms with Crippen molar-refractivity contribution in [1.29, 1.82) is 0 Å². The molecule has 4 aromatic rings. The van der Waals surface area contributed by atoms with E-state index in [0.29, 0.717) is 11.4 Å². The van der Waals surface area contributed by atoms with Gasteiger partial charge in [0.05, 0.1) is 16.7 Å². The van der Waals surface area contributed by atoms with Crippen LogP contribution in [0.5, 0.6) is 0 Å². The van der Waals surface area contributed by atoms with E-state index >= 15 is 0 Å². The molecule has 0 saturated heterocycles. The number of fused-ring (bicyclic) bond motifs is 1. The number of nitrogens with two attached hydrogens (primary N) is 1. The van der Waals surface area contributed by atoms with Crippen LogP contribution in [0.3, 0.4) is 0 Å². The number of halogens is 2. The molecular formula is C32H32ClFN4O5. The Morgan fingerprint density at radius 2 is 1.77 bits per heavy atom. The normalized spacial score (nSPS) is 12.4. The van der Waals surface area contributed by atoms with Crippen LogP contribution in [0.25, 0.3) is 28.1 Å². The van der Waals surface area contributed by atoms with Gasteiger partial charge in [0.1, 0.15) is 11.9 Å². The lowest BCUT2D eigenvalue weighted by atomic mass is 9.87. The van der Waals surface area contributed by atoms with Crippen LogP contribution in [0.15, 0.2) is 72.9 Å². The summed E-state index contributed by atoms with van der Waals surface area (Å²) in [5, 5.41) is 28.3. The van der Waals surface area contributed by atoms with E-state index in [4.69, 9.17) is 27.5 Å². The van der Waals surface area contributed by atoms with E-state index in [-0.39, 0.29) is 18.7 Å². The van der Waals surface area contributed by atoms with Crippen molar-refractivity contribution < 1.29 is 29.0 Å². The first kappa shape index (κ1) is 32.7. The number of aliphatic carboxylic acids is 2. The number of carboxylic acids is 2. The average molecular weight is 607 g/mol. The average Bonchev–Trinajstić information content (AvgIpc) is 3.44. The summed E-state index contributed by atoms with van der Waals surface area (Å²) in [4.78, 5) is 31.4. The van der Waals surface area contributed by atoms with E-state index < -0.39 is 23.9 Å². The molecule has 0 saturated carbocycles. The Labute approximate surface area is 252 Å². The van der Waals surface area contributed by atoms with Crippen LogP contribution < -0.4 is 11.1 Å². The Bertz CT molecular complexity index is 1660. The molecular weight excluding hydrogens is 575 g/mol.